The molecule has 0 atom stereocenters. The number of hydrogen-bond donors (Lipinski definition) is 1. The van der Waals surface area contributed by atoms with Gasteiger partial charge < -0.3 is 8.83 Å². The van der Waals surface area contributed by atoms with Crippen molar-refractivity contribution in [1.82, 2.24) is 10.2 Å². The molecule has 1 aromatic carbocycles. The number of rotatable bonds is 5. The first kappa shape index (κ1) is 19.8. The molecule has 1 aliphatic rings. The van der Waals surface area contributed by atoms with E-state index in [1.54, 1.807) is 37.3 Å². The van der Waals surface area contributed by atoms with Crippen molar-refractivity contribution < 1.29 is 28.1 Å². The summed E-state index contributed by atoms with van der Waals surface area (Å²) in [7, 11) is 0. The summed E-state index contributed by atoms with van der Waals surface area (Å²) < 4.78 is 10.8. The van der Waals surface area contributed by atoms with E-state index < -0.39 is 22.8 Å². The third-order valence-corrected chi connectivity index (χ3v) is 4.68. The second-order valence-corrected chi connectivity index (χ2v) is 6.75. The molecule has 3 aromatic rings. The first-order chi connectivity index (χ1) is 14.8. The zero-order valence-electron chi connectivity index (χ0n) is 16.2. The lowest BCUT2D eigenvalue weighted by atomic mass is 10.1. The fourth-order valence-electron chi connectivity index (χ4n) is 3.08. The maximum Gasteiger partial charge on any atom is 0.331 e. The predicted octanol–water partition coefficient (Wildman–Crippen LogP) is 3.42. The molecule has 0 radical (unpaired) electrons. The van der Waals surface area contributed by atoms with Crippen molar-refractivity contribution in [1.29, 1.82) is 0 Å². The van der Waals surface area contributed by atoms with Gasteiger partial charge in [0, 0.05) is 17.2 Å². The highest BCUT2D eigenvalue weighted by atomic mass is 16.6. The van der Waals surface area contributed by atoms with Gasteiger partial charge in [-0.3, -0.25) is 29.9 Å². The molecule has 2 aromatic heterocycles. The zero-order valence-corrected chi connectivity index (χ0v) is 16.2. The summed E-state index contributed by atoms with van der Waals surface area (Å²) in [5.41, 5.74) is 0.633. The second kappa shape index (κ2) is 7.75. The molecule has 0 spiro atoms. The Balaban J connectivity index is 1.62. The van der Waals surface area contributed by atoms with Gasteiger partial charge in [0.1, 0.15) is 22.9 Å². The average Bonchev–Trinajstić information content (AvgIpc) is 3.40. The summed E-state index contributed by atoms with van der Waals surface area (Å²) in [5.74, 6) is -0.784. The van der Waals surface area contributed by atoms with Crippen molar-refractivity contribution in [3.8, 4) is 11.3 Å². The van der Waals surface area contributed by atoms with E-state index in [1.165, 1.54) is 24.5 Å². The van der Waals surface area contributed by atoms with Gasteiger partial charge in [0.2, 0.25) is 0 Å². The van der Waals surface area contributed by atoms with Crippen LogP contribution >= 0.6 is 0 Å². The molecule has 0 bridgehead atoms. The van der Waals surface area contributed by atoms with Gasteiger partial charge in [0.05, 0.1) is 17.7 Å². The summed E-state index contributed by atoms with van der Waals surface area (Å²) in [5, 5.41) is 13.3. The number of barbiturate groups is 1. The van der Waals surface area contributed by atoms with Gasteiger partial charge in [0.15, 0.2) is 0 Å². The van der Waals surface area contributed by atoms with Gasteiger partial charge >= 0.3 is 6.03 Å². The molecule has 0 unspecified atom stereocenters. The van der Waals surface area contributed by atoms with E-state index in [1.807, 2.05) is 0 Å². The number of aryl methyl sites for hydroxylation is 1. The Morgan fingerprint density at radius 3 is 2.68 bits per heavy atom. The van der Waals surface area contributed by atoms with Gasteiger partial charge in [-0.1, -0.05) is 12.1 Å². The quantitative estimate of drug-likeness (QED) is 0.288. The minimum absolute atomic E-state index is 0.0530. The van der Waals surface area contributed by atoms with E-state index in [9.17, 15) is 24.5 Å². The smallest absolute Gasteiger partial charge is 0.331 e. The van der Waals surface area contributed by atoms with Crippen molar-refractivity contribution in [2.45, 2.75) is 13.5 Å². The van der Waals surface area contributed by atoms with E-state index in [-0.39, 0.29) is 23.6 Å². The van der Waals surface area contributed by atoms with E-state index >= 15 is 0 Å². The molecular weight excluding hydrogens is 406 g/mol. The third-order valence-electron chi connectivity index (χ3n) is 4.68. The van der Waals surface area contributed by atoms with Gasteiger partial charge in [0.25, 0.3) is 17.5 Å². The highest BCUT2D eigenvalue weighted by Crippen LogP contribution is 2.29. The number of carbonyl (C=O) groups excluding carboxylic acids is 3. The number of nitro benzene ring substituents is 1. The van der Waals surface area contributed by atoms with Crippen LogP contribution in [0.1, 0.15) is 17.1 Å². The molecule has 4 amide bonds. The summed E-state index contributed by atoms with van der Waals surface area (Å²) in [6.07, 6.45) is 2.62. The van der Waals surface area contributed by atoms with Crippen LogP contribution in [-0.4, -0.2) is 27.7 Å². The molecule has 10 nitrogen and oxygen atoms in total. The molecule has 1 aliphatic heterocycles. The summed E-state index contributed by atoms with van der Waals surface area (Å²) in [6, 6.07) is 10.1. The fraction of sp³-hybridized carbons (Fsp3) is 0.0952. The minimum atomic E-state index is -0.852. The number of carbonyl (C=O) groups is 3. The average molecular weight is 421 g/mol. The lowest BCUT2D eigenvalue weighted by Crippen LogP contribution is -2.53. The molecular formula is C21H15N3O7. The van der Waals surface area contributed by atoms with E-state index in [0.717, 1.165) is 4.90 Å². The molecule has 0 aliphatic carbocycles. The zero-order chi connectivity index (χ0) is 22.1. The third kappa shape index (κ3) is 3.86. The SMILES string of the molecule is Cc1ccc(-c2ccc(/C=C3\C(=O)NC(=O)N(Cc4ccco4)C3=O)o2)cc1[N+](=O)[O-]. The molecule has 1 fully saturated rings. The molecule has 1 saturated heterocycles. The lowest BCUT2D eigenvalue weighted by molar-refractivity contribution is -0.385. The van der Waals surface area contributed by atoms with Crippen molar-refractivity contribution in [2.24, 2.45) is 0 Å². The highest BCUT2D eigenvalue weighted by molar-refractivity contribution is 6.30. The number of nitrogens with zero attached hydrogens (tertiary/aromatic N) is 2. The summed E-state index contributed by atoms with van der Waals surface area (Å²) in [4.78, 5) is 48.5. The number of amides is 4. The summed E-state index contributed by atoms with van der Waals surface area (Å²) >= 11 is 0. The maximum atomic E-state index is 12.7. The Bertz CT molecular complexity index is 1240. The molecule has 31 heavy (non-hydrogen) atoms. The van der Waals surface area contributed by atoms with Crippen LogP contribution in [0.15, 0.2) is 63.1 Å². The normalized spacial score (nSPS) is 15.5. The molecule has 10 heteroatoms. The second-order valence-electron chi connectivity index (χ2n) is 6.75. The number of furan rings is 2. The number of hydrogen-bond acceptors (Lipinski definition) is 7. The van der Waals surface area contributed by atoms with Crippen molar-refractivity contribution in [3.63, 3.8) is 0 Å². The first-order valence-electron chi connectivity index (χ1n) is 9.10. The Morgan fingerprint density at radius 1 is 1.16 bits per heavy atom. The highest BCUT2D eigenvalue weighted by Gasteiger charge is 2.36. The van der Waals surface area contributed by atoms with Crippen LogP contribution < -0.4 is 5.32 Å². The summed E-state index contributed by atoms with van der Waals surface area (Å²) in [6.45, 7) is 1.49. The minimum Gasteiger partial charge on any atom is -0.467 e. The largest absolute Gasteiger partial charge is 0.467 e. The van der Waals surface area contributed by atoms with Gasteiger partial charge in [-0.2, -0.15) is 0 Å². The van der Waals surface area contributed by atoms with E-state index in [2.05, 4.69) is 5.32 Å². The van der Waals surface area contributed by atoms with Gasteiger partial charge in [-0.25, -0.2) is 4.79 Å². The Morgan fingerprint density at radius 2 is 1.97 bits per heavy atom. The van der Waals surface area contributed by atoms with Crippen molar-refractivity contribution in [2.75, 3.05) is 0 Å². The predicted molar refractivity (Wildman–Crippen MR) is 106 cm³/mol. The van der Waals surface area contributed by atoms with Crippen LogP contribution in [-0.2, 0) is 16.1 Å². The van der Waals surface area contributed by atoms with Gasteiger partial charge in [-0.05, 0) is 37.3 Å². The molecule has 3 heterocycles. The number of urea groups is 1. The molecule has 4 rings (SSSR count). The topological polar surface area (TPSA) is 136 Å². The number of nitro groups is 1. The maximum absolute atomic E-state index is 12.7. The first-order valence-corrected chi connectivity index (χ1v) is 9.10. The number of imide groups is 2. The van der Waals surface area contributed by atoms with Crippen LogP contribution in [0.4, 0.5) is 10.5 Å². The van der Waals surface area contributed by atoms with E-state index in [4.69, 9.17) is 8.83 Å². The van der Waals surface area contributed by atoms with Gasteiger partial charge in [-0.15, -0.1) is 0 Å². The number of nitrogens with one attached hydrogen (secondary N) is 1. The fourth-order valence-corrected chi connectivity index (χ4v) is 3.08. The molecule has 156 valence electrons. The number of benzene rings is 1. The van der Waals surface area contributed by atoms with Crippen LogP contribution in [0.3, 0.4) is 0 Å². The Kier molecular flexibility index (Phi) is 4.96. The molecule has 0 saturated carbocycles. The Labute approximate surface area is 174 Å². The van der Waals surface area contributed by atoms with Crippen LogP contribution in [0.25, 0.3) is 17.4 Å². The molecule has 1 N–H and O–H groups in total. The van der Waals surface area contributed by atoms with Crippen molar-refractivity contribution >= 4 is 29.6 Å². The van der Waals surface area contributed by atoms with Crippen LogP contribution in [0.5, 0.6) is 0 Å². The standard InChI is InChI=1S/C21H15N3O7/c1-12-4-5-13(9-17(12)24(28)29)18-7-6-14(31-18)10-16-19(25)22-21(27)23(20(16)26)11-15-3-2-8-30-15/h2-10H,11H2,1H3,(H,22,25,27)/b16-10+. The van der Waals surface area contributed by atoms with Crippen LogP contribution in [0.2, 0.25) is 0 Å². The van der Waals surface area contributed by atoms with Crippen LogP contribution in [0, 0.1) is 17.0 Å². The Hall–Kier alpha value is -4.47. The lowest BCUT2D eigenvalue weighted by Gasteiger charge is -2.25. The van der Waals surface area contributed by atoms with E-state index in [0.29, 0.717) is 22.6 Å². The monoisotopic (exact) mass is 421 g/mol. The van der Waals surface area contributed by atoms with Crippen molar-refractivity contribution in [3.05, 3.63) is 81.5 Å².